The molecule has 3 aromatic rings. The fraction of sp³-hybridized carbons (Fsp3) is 0.360. The maximum Gasteiger partial charge on any atom is 0.246 e. The van der Waals surface area contributed by atoms with Crippen LogP contribution in [-0.4, -0.2) is 77.4 Å². The first kappa shape index (κ1) is 21.0. The van der Waals surface area contributed by atoms with Gasteiger partial charge in [-0.2, -0.15) is 0 Å². The van der Waals surface area contributed by atoms with Crippen LogP contribution in [0.5, 0.6) is 11.5 Å². The first-order chi connectivity index (χ1) is 16.7. The number of benzene rings is 2. The molecule has 3 aliphatic rings. The van der Waals surface area contributed by atoms with Gasteiger partial charge in [0.1, 0.15) is 6.04 Å². The lowest BCUT2D eigenvalue weighted by Crippen LogP contribution is -2.63. The number of fused-ring (bicyclic) bond motifs is 5. The van der Waals surface area contributed by atoms with E-state index in [9.17, 15) is 9.59 Å². The Bertz CT molecular complexity index is 1270. The van der Waals surface area contributed by atoms with Crippen LogP contribution in [0.15, 0.2) is 42.5 Å². The van der Waals surface area contributed by atoms with Crippen molar-refractivity contribution < 1.29 is 28.9 Å². The molecule has 1 fully saturated rings. The molecule has 6 rings (SSSR count). The average Bonchev–Trinajstić information content (AvgIpc) is 3.47. The van der Waals surface area contributed by atoms with Gasteiger partial charge in [0.25, 0.3) is 0 Å². The van der Waals surface area contributed by atoms with Crippen LogP contribution < -0.4 is 9.47 Å². The number of para-hydroxylation sites is 1. The Balaban J connectivity index is 1.42. The number of amides is 2. The van der Waals surface area contributed by atoms with Crippen LogP contribution in [0.4, 0.5) is 0 Å². The van der Waals surface area contributed by atoms with Crippen LogP contribution in [0.2, 0.25) is 0 Å². The summed E-state index contributed by atoms with van der Waals surface area (Å²) in [6.07, 6.45) is 0.443. The number of aliphatic hydroxyl groups is 1. The van der Waals surface area contributed by atoms with Crippen LogP contribution >= 0.6 is 0 Å². The normalized spacial score (nSPS) is 21.2. The molecule has 176 valence electrons. The second-order valence-corrected chi connectivity index (χ2v) is 8.69. The Morgan fingerprint density at radius 1 is 1.09 bits per heavy atom. The number of aromatic amines is 1. The van der Waals surface area contributed by atoms with E-state index in [1.807, 2.05) is 42.5 Å². The van der Waals surface area contributed by atoms with Gasteiger partial charge in [-0.1, -0.05) is 24.3 Å². The number of carbonyl (C=O) groups excluding carboxylic acids is 2. The second-order valence-electron chi connectivity index (χ2n) is 8.69. The Morgan fingerprint density at radius 3 is 2.82 bits per heavy atom. The summed E-state index contributed by atoms with van der Waals surface area (Å²) in [7, 11) is 0. The Hall–Kier alpha value is -3.56. The van der Waals surface area contributed by atoms with Crippen molar-refractivity contribution in [2.75, 3.05) is 39.7 Å². The van der Waals surface area contributed by atoms with Gasteiger partial charge in [0, 0.05) is 29.6 Å². The van der Waals surface area contributed by atoms with Gasteiger partial charge in [0.05, 0.1) is 32.4 Å². The van der Waals surface area contributed by atoms with Crippen molar-refractivity contribution >= 4 is 22.7 Å². The molecule has 0 saturated carbocycles. The van der Waals surface area contributed by atoms with Crippen molar-refractivity contribution in [2.45, 2.75) is 18.5 Å². The number of nitrogens with one attached hydrogen (secondary N) is 1. The summed E-state index contributed by atoms with van der Waals surface area (Å²) < 4.78 is 16.4. The summed E-state index contributed by atoms with van der Waals surface area (Å²) in [6.45, 7) is 0.868. The molecule has 0 unspecified atom stereocenters. The van der Waals surface area contributed by atoms with Gasteiger partial charge in [0.2, 0.25) is 18.6 Å². The van der Waals surface area contributed by atoms with Crippen molar-refractivity contribution in [3.8, 4) is 11.5 Å². The molecule has 1 aromatic heterocycles. The van der Waals surface area contributed by atoms with E-state index < -0.39 is 12.1 Å². The number of piperazine rings is 1. The number of aromatic nitrogens is 1. The molecular formula is C25H25N3O6. The minimum atomic E-state index is -0.610. The van der Waals surface area contributed by atoms with E-state index in [2.05, 4.69) is 4.98 Å². The van der Waals surface area contributed by atoms with E-state index in [0.717, 1.165) is 27.7 Å². The molecule has 2 N–H and O–H groups in total. The lowest BCUT2D eigenvalue weighted by atomic mass is 9.86. The number of hydrogen-bond donors (Lipinski definition) is 2. The third kappa shape index (κ3) is 3.31. The molecule has 2 atom stereocenters. The number of ether oxygens (including phenoxy) is 3. The van der Waals surface area contributed by atoms with Crippen molar-refractivity contribution in [1.29, 1.82) is 0 Å². The van der Waals surface area contributed by atoms with Crippen LogP contribution in [0.1, 0.15) is 22.9 Å². The topological polar surface area (TPSA) is 104 Å². The molecule has 9 nitrogen and oxygen atoms in total. The first-order valence-corrected chi connectivity index (χ1v) is 11.4. The second kappa shape index (κ2) is 8.34. The lowest BCUT2D eigenvalue weighted by molar-refractivity contribution is -0.159. The number of H-pyrrole nitrogens is 1. The van der Waals surface area contributed by atoms with Crippen molar-refractivity contribution in [1.82, 2.24) is 14.8 Å². The van der Waals surface area contributed by atoms with E-state index in [-0.39, 0.29) is 45.0 Å². The standard InChI is InChI=1S/C25H25N3O6/c29-8-10-32-9-7-27-13-22(30)28-19(25(27)31)12-17-16-3-1-2-4-18(16)26-23(17)24(28)15-5-6-20-21(11-15)34-14-33-20/h1-6,11,19,24,26,29H,7-10,12-14H2/t19-,24-/m1/s1. The predicted molar refractivity (Wildman–Crippen MR) is 122 cm³/mol. The molecule has 0 spiro atoms. The monoisotopic (exact) mass is 463 g/mol. The molecule has 9 heteroatoms. The summed E-state index contributed by atoms with van der Waals surface area (Å²) in [5, 5.41) is 9.98. The van der Waals surface area contributed by atoms with Crippen LogP contribution in [0, 0.1) is 0 Å². The predicted octanol–water partition coefficient (Wildman–Crippen LogP) is 1.59. The maximum absolute atomic E-state index is 13.6. The smallest absolute Gasteiger partial charge is 0.246 e. The maximum atomic E-state index is 13.6. The molecule has 1 saturated heterocycles. The minimum Gasteiger partial charge on any atom is -0.454 e. The molecule has 4 heterocycles. The van der Waals surface area contributed by atoms with Gasteiger partial charge in [-0.3, -0.25) is 9.59 Å². The van der Waals surface area contributed by atoms with E-state index >= 15 is 0 Å². The lowest BCUT2D eigenvalue weighted by Gasteiger charge is -2.47. The molecule has 2 amide bonds. The van der Waals surface area contributed by atoms with Crippen molar-refractivity contribution in [3.05, 3.63) is 59.3 Å². The van der Waals surface area contributed by atoms with Crippen molar-refractivity contribution in [2.24, 2.45) is 0 Å². The summed E-state index contributed by atoms with van der Waals surface area (Å²) in [5.74, 6) is 1.10. The fourth-order valence-corrected chi connectivity index (χ4v) is 5.28. The quantitative estimate of drug-likeness (QED) is 0.538. The Kier molecular flexibility index (Phi) is 5.15. The van der Waals surface area contributed by atoms with E-state index in [1.165, 1.54) is 0 Å². The molecule has 0 radical (unpaired) electrons. The third-order valence-electron chi connectivity index (χ3n) is 6.80. The first-order valence-electron chi connectivity index (χ1n) is 11.4. The minimum absolute atomic E-state index is 0.00552. The summed E-state index contributed by atoms with van der Waals surface area (Å²) in [4.78, 5) is 33.9. The molecule has 2 aromatic carbocycles. The zero-order valence-corrected chi connectivity index (χ0v) is 18.5. The average molecular weight is 463 g/mol. The Labute approximate surface area is 195 Å². The molecule has 0 bridgehead atoms. The Morgan fingerprint density at radius 2 is 1.94 bits per heavy atom. The van der Waals surface area contributed by atoms with E-state index in [1.54, 1.807) is 9.80 Å². The van der Waals surface area contributed by atoms with Gasteiger partial charge >= 0.3 is 0 Å². The zero-order chi connectivity index (χ0) is 23.2. The fourth-order valence-electron chi connectivity index (χ4n) is 5.28. The highest BCUT2D eigenvalue weighted by Crippen LogP contribution is 2.44. The highest BCUT2D eigenvalue weighted by atomic mass is 16.7. The van der Waals surface area contributed by atoms with E-state index in [4.69, 9.17) is 19.3 Å². The summed E-state index contributed by atoms with van der Waals surface area (Å²) in [5.41, 5.74) is 3.83. The summed E-state index contributed by atoms with van der Waals surface area (Å²) in [6, 6.07) is 12.6. The van der Waals surface area contributed by atoms with Crippen LogP contribution in [0.3, 0.4) is 0 Å². The zero-order valence-electron chi connectivity index (χ0n) is 18.5. The number of rotatable bonds is 6. The molecule has 34 heavy (non-hydrogen) atoms. The number of hydrogen-bond acceptors (Lipinski definition) is 6. The highest BCUT2D eigenvalue weighted by Gasteiger charge is 2.48. The number of carbonyl (C=O) groups is 2. The van der Waals surface area contributed by atoms with Crippen LogP contribution in [-0.2, 0) is 20.7 Å². The van der Waals surface area contributed by atoms with Crippen LogP contribution in [0.25, 0.3) is 10.9 Å². The van der Waals surface area contributed by atoms with Gasteiger partial charge in [0.15, 0.2) is 11.5 Å². The number of nitrogens with zero attached hydrogens (tertiary/aromatic N) is 2. The third-order valence-corrected chi connectivity index (χ3v) is 6.80. The van der Waals surface area contributed by atoms with Gasteiger partial charge in [-0.05, 0) is 29.3 Å². The van der Waals surface area contributed by atoms with Gasteiger partial charge in [-0.25, -0.2) is 0 Å². The molecule has 0 aliphatic carbocycles. The highest BCUT2D eigenvalue weighted by molar-refractivity contribution is 5.97. The number of aliphatic hydroxyl groups excluding tert-OH is 1. The van der Waals surface area contributed by atoms with Crippen molar-refractivity contribution in [3.63, 3.8) is 0 Å². The molecule has 3 aliphatic heterocycles. The SMILES string of the molecule is O=C1[C@H]2Cc3c([nH]c4ccccc34)[C@@H](c3ccc4c(c3)OCO4)N2C(=O)CN1CCOCCO. The molecular weight excluding hydrogens is 438 g/mol. The summed E-state index contributed by atoms with van der Waals surface area (Å²) >= 11 is 0. The van der Waals surface area contributed by atoms with Gasteiger partial charge < -0.3 is 34.1 Å². The van der Waals surface area contributed by atoms with Gasteiger partial charge in [-0.15, -0.1) is 0 Å². The van der Waals surface area contributed by atoms with E-state index in [0.29, 0.717) is 24.5 Å². The largest absolute Gasteiger partial charge is 0.454 e.